The van der Waals surface area contributed by atoms with Gasteiger partial charge in [-0.05, 0) is 35.0 Å². The van der Waals surface area contributed by atoms with Crippen molar-refractivity contribution in [3.8, 4) is 0 Å². The number of halogens is 1. The third kappa shape index (κ3) is 2.27. The normalized spacial score (nSPS) is 17.9. The van der Waals surface area contributed by atoms with E-state index >= 15 is 0 Å². The van der Waals surface area contributed by atoms with Crippen LogP contribution in [0.3, 0.4) is 0 Å². The molecule has 16 heavy (non-hydrogen) atoms. The highest BCUT2D eigenvalue weighted by molar-refractivity contribution is 9.10. The minimum atomic E-state index is -0.149. The van der Waals surface area contributed by atoms with Crippen LogP contribution in [0.2, 0.25) is 0 Å². The number of H-pyrrole nitrogens is 1. The minimum Gasteiger partial charge on any atom is -0.368 e. The number of aromatic amines is 1. The summed E-state index contributed by atoms with van der Waals surface area (Å²) in [5, 5.41) is 3.25. The number of nitrogens with zero attached hydrogens (tertiary/aromatic N) is 1. The van der Waals surface area contributed by atoms with Gasteiger partial charge in [-0.2, -0.15) is 11.8 Å². The molecule has 1 aromatic rings. The summed E-state index contributed by atoms with van der Waals surface area (Å²) in [4.78, 5) is 18.0. The average Bonchev–Trinajstić information content (AvgIpc) is 2.23. The molecule has 1 heterocycles. The molecule has 2 rings (SSSR count). The molecule has 88 valence electrons. The summed E-state index contributed by atoms with van der Waals surface area (Å²) in [6, 6.07) is 0. The van der Waals surface area contributed by atoms with Crippen LogP contribution in [0.25, 0.3) is 0 Å². The van der Waals surface area contributed by atoms with Crippen LogP contribution in [0.15, 0.2) is 15.6 Å². The van der Waals surface area contributed by atoms with Crippen LogP contribution in [-0.4, -0.2) is 27.5 Å². The van der Waals surface area contributed by atoms with Gasteiger partial charge in [-0.25, -0.2) is 4.98 Å². The van der Waals surface area contributed by atoms with Crippen LogP contribution in [0.5, 0.6) is 0 Å². The predicted molar refractivity (Wildman–Crippen MR) is 71.1 cm³/mol. The molecule has 0 bridgehead atoms. The molecule has 1 saturated carbocycles. The van der Waals surface area contributed by atoms with Gasteiger partial charge in [-0.15, -0.1) is 0 Å². The van der Waals surface area contributed by atoms with Gasteiger partial charge in [0.1, 0.15) is 10.3 Å². The Hall–Kier alpha value is -0.490. The summed E-state index contributed by atoms with van der Waals surface area (Å²) in [5.41, 5.74) is -0.149. The third-order valence-electron chi connectivity index (χ3n) is 3.07. The zero-order chi connectivity index (χ0) is 11.6. The number of aromatic nitrogens is 2. The highest BCUT2D eigenvalue weighted by Crippen LogP contribution is 2.42. The summed E-state index contributed by atoms with van der Waals surface area (Å²) in [5.74, 6) is 0.629. The summed E-state index contributed by atoms with van der Waals surface area (Å²) in [7, 11) is 0. The highest BCUT2D eigenvalue weighted by atomic mass is 79.9. The van der Waals surface area contributed by atoms with Crippen molar-refractivity contribution in [3.05, 3.63) is 21.2 Å². The topological polar surface area (TPSA) is 57.8 Å². The van der Waals surface area contributed by atoms with E-state index in [4.69, 9.17) is 0 Å². The van der Waals surface area contributed by atoms with E-state index in [0.717, 1.165) is 6.54 Å². The summed E-state index contributed by atoms with van der Waals surface area (Å²) < 4.78 is 0.814. The van der Waals surface area contributed by atoms with Gasteiger partial charge in [-0.3, -0.25) is 4.79 Å². The van der Waals surface area contributed by atoms with E-state index in [0.29, 0.717) is 15.0 Å². The van der Waals surface area contributed by atoms with Gasteiger partial charge in [0.25, 0.3) is 5.56 Å². The Morgan fingerprint density at radius 1 is 1.69 bits per heavy atom. The van der Waals surface area contributed by atoms with E-state index in [2.05, 4.69) is 37.5 Å². The Labute approximate surface area is 107 Å². The molecule has 0 unspecified atom stereocenters. The molecular weight excluding hydrogens is 290 g/mol. The molecule has 4 nitrogen and oxygen atoms in total. The van der Waals surface area contributed by atoms with Gasteiger partial charge in [0, 0.05) is 11.3 Å². The molecular formula is C10H14BrN3OS. The molecule has 1 fully saturated rings. The first-order valence-electron chi connectivity index (χ1n) is 5.19. The maximum atomic E-state index is 11.3. The Morgan fingerprint density at radius 3 is 3.00 bits per heavy atom. The van der Waals surface area contributed by atoms with Crippen molar-refractivity contribution < 1.29 is 0 Å². The van der Waals surface area contributed by atoms with Crippen molar-refractivity contribution in [2.75, 3.05) is 18.1 Å². The smallest absolute Gasteiger partial charge is 0.267 e. The summed E-state index contributed by atoms with van der Waals surface area (Å²) >= 11 is 5.13. The highest BCUT2D eigenvalue weighted by Gasteiger charge is 2.36. The molecule has 0 aromatic carbocycles. The molecule has 0 amide bonds. The van der Waals surface area contributed by atoms with Gasteiger partial charge >= 0.3 is 0 Å². The van der Waals surface area contributed by atoms with Crippen molar-refractivity contribution in [3.63, 3.8) is 0 Å². The standard InChI is InChI=1S/C10H14BrN3OS/c1-16-10(3-2-4-10)5-12-8-7(11)9(15)14-6-13-8/h6H,2-5H2,1H3,(H2,12,13,14,15). The van der Waals surface area contributed by atoms with Crippen LogP contribution < -0.4 is 10.9 Å². The van der Waals surface area contributed by atoms with Crippen molar-refractivity contribution >= 4 is 33.5 Å². The molecule has 0 aliphatic heterocycles. The van der Waals surface area contributed by atoms with E-state index in [1.165, 1.54) is 25.6 Å². The molecule has 0 radical (unpaired) electrons. The molecule has 0 spiro atoms. The molecule has 6 heteroatoms. The number of nitrogens with one attached hydrogen (secondary N) is 2. The minimum absolute atomic E-state index is 0.149. The fourth-order valence-electron chi connectivity index (χ4n) is 1.78. The molecule has 1 aliphatic carbocycles. The van der Waals surface area contributed by atoms with Gasteiger partial charge in [0.15, 0.2) is 0 Å². The quantitative estimate of drug-likeness (QED) is 0.895. The van der Waals surface area contributed by atoms with Crippen LogP contribution in [0.1, 0.15) is 19.3 Å². The van der Waals surface area contributed by atoms with Gasteiger partial charge in [0.05, 0.1) is 6.33 Å². The summed E-state index contributed by atoms with van der Waals surface area (Å²) in [6.07, 6.45) is 7.33. The average molecular weight is 304 g/mol. The molecule has 1 aliphatic rings. The van der Waals surface area contributed by atoms with Gasteiger partial charge < -0.3 is 10.3 Å². The van der Waals surface area contributed by atoms with Crippen LogP contribution in [-0.2, 0) is 0 Å². The second-order valence-corrected chi connectivity index (χ2v) is 6.06. The first-order valence-corrected chi connectivity index (χ1v) is 7.21. The van der Waals surface area contributed by atoms with Gasteiger partial charge in [0.2, 0.25) is 0 Å². The van der Waals surface area contributed by atoms with Crippen molar-refractivity contribution in [1.82, 2.24) is 9.97 Å². The first-order chi connectivity index (χ1) is 7.67. The fourth-order valence-corrected chi connectivity index (χ4v) is 3.05. The van der Waals surface area contributed by atoms with Crippen molar-refractivity contribution in [2.24, 2.45) is 0 Å². The monoisotopic (exact) mass is 303 g/mol. The van der Waals surface area contributed by atoms with Crippen LogP contribution in [0.4, 0.5) is 5.82 Å². The third-order valence-corrected chi connectivity index (χ3v) is 5.23. The van der Waals surface area contributed by atoms with Crippen LogP contribution in [0, 0.1) is 0 Å². The van der Waals surface area contributed by atoms with E-state index in [1.807, 2.05) is 11.8 Å². The Bertz CT molecular complexity index is 425. The maximum absolute atomic E-state index is 11.3. The second-order valence-electron chi connectivity index (χ2n) is 3.99. The van der Waals surface area contributed by atoms with Crippen molar-refractivity contribution in [1.29, 1.82) is 0 Å². The number of hydrogen-bond acceptors (Lipinski definition) is 4. The van der Waals surface area contributed by atoms with Crippen molar-refractivity contribution in [2.45, 2.75) is 24.0 Å². The fraction of sp³-hybridized carbons (Fsp3) is 0.600. The Morgan fingerprint density at radius 2 is 2.44 bits per heavy atom. The number of hydrogen-bond donors (Lipinski definition) is 2. The number of anilines is 1. The zero-order valence-corrected chi connectivity index (χ0v) is 11.4. The van der Waals surface area contributed by atoms with E-state index in [9.17, 15) is 4.79 Å². The first kappa shape index (κ1) is 12.0. The Balaban J connectivity index is 2.04. The lowest BCUT2D eigenvalue weighted by atomic mass is 9.84. The number of thioether (sulfide) groups is 1. The number of rotatable bonds is 4. The summed E-state index contributed by atoms with van der Waals surface area (Å²) in [6.45, 7) is 0.864. The molecule has 0 saturated heterocycles. The Kier molecular flexibility index (Phi) is 3.59. The van der Waals surface area contributed by atoms with Gasteiger partial charge in [-0.1, -0.05) is 6.42 Å². The maximum Gasteiger partial charge on any atom is 0.267 e. The molecule has 1 aromatic heterocycles. The SMILES string of the molecule is CSC1(CNc2nc[nH]c(=O)c2Br)CCC1. The molecule has 0 atom stereocenters. The van der Waals surface area contributed by atoms with E-state index < -0.39 is 0 Å². The molecule has 2 N–H and O–H groups in total. The lowest BCUT2D eigenvalue weighted by Gasteiger charge is -2.40. The second kappa shape index (κ2) is 4.79. The largest absolute Gasteiger partial charge is 0.368 e. The zero-order valence-electron chi connectivity index (χ0n) is 9.05. The van der Waals surface area contributed by atoms with E-state index in [-0.39, 0.29) is 5.56 Å². The predicted octanol–water partition coefficient (Wildman–Crippen LogP) is 2.23. The lowest BCUT2D eigenvalue weighted by Crippen LogP contribution is -2.40. The van der Waals surface area contributed by atoms with Crippen LogP contribution >= 0.6 is 27.7 Å². The van der Waals surface area contributed by atoms with E-state index in [1.54, 1.807) is 0 Å². The lowest BCUT2D eigenvalue weighted by molar-refractivity contribution is 0.379.